The summed E-state index contributed by atoms with van der Waals surface area (Å²) in [6, 6.07) is 3.70. The Hall–Kier alpha value is -1.95. The molecule has 1 rings (SSSR count). The summed E-state index contributed by atoms with van der Waals surface area (Å²) < 4.78 is 15.7. The molecular formula is C15H24N2O4. The summed E-state index contributed by atoms with van der Waals surface area (Å²) in [7, 11) is 4.61. The molecule has 118 valence electrons. The van der Waals surface area contributed by atoms with Crippen molar-refractivity contribution in [3.63, 3.8) is 0 Å². The van der Waals surface area contributed by atoms with Crippen LogP contribution in [0.4, 0.5) is 5.69 Å². The first-order valence-corrected chi connectivity index (χ1v) is 6.88. The molecule has 0 bridgehead atoms. The molecular weight excluding hydrogens is 272 g/mol. The van der Waals surface area contributed by atoms with Crippen LogP contribution >= 0.6 is 0 Å². The Labute approximate surface area is 125 Å². The first-order chi connectivity index (χ1) is 10.0. The number of benzene rings is 1. The molecule has 0 heterocycles. The topological polar surface area (TPSA) is 68.8 Å². The van der Waals surface area contributed by atoms with Crippen LogP contribution in [0.2, 0.25) is 0 Å². The molecule has 2 N–H and O–H groups in total. The monoisotopic (exact) mass is 296 g/mol. The lowest BCUT2D eigenvalue weighted by Gasteiger charge is -2.15. The predicted octanol–water partition coefficient (Wildman–Crippen LogP) is 2.04. The highest BCUT2D eigenvalue weighted by atomic mass is 16.5. The van der Waals surface area contributed by atoms with Crippen molar-refractivity contribution in [2.45, 2.75) is 26.3 Å². The first-order valence-electron chi connectivity index (χ1n) is 6.88. The van der Waals surface area contributed by atoms with Gasteiger partial charge in [-0.15, -0.1) is 0 Å². The first kappa shape index (κ1) is 17.1. The van der Waals surface area contributed by atoms with Gasteiger partial charge in [0.25, 0.3) is 0 Å². The summed E-state index contributed by atoms with van der Waals surface area (Å²) >= 11 is 0. The maximum absolute atomic E-state index is 11.9. The van der Waals surface area contributed by atoms with E-state index in [1.807, 2.05) is 6.92 Å². The fourth-order valence-electron chi connectivity index (χ4n) is 1.77. The minimum Gasteiger partial charge on any atom is -0.493 e. The summed E-state index contributed by atoms with van der Waals surface area (Å²) in [5.41, 5.74) is 0.598. The summed E-state index contributed by atoms with van der Waals surface area (Å²) in [5, 5.41) is 5.94. The minimum atomic E-state index is -0.121. The largest absolute Gasteiger partial charge is 0.493 e. The van der Waals surface area contributed by atoms with E-state index in [0.717, 1.165) is 6.42 Å². The van der Waals surface area contributed by atoms with Gasteiger partial charge in [0.1, 0.15) is 0 Å². The quantitative estimate of drug-likeness (QED) is 0.768. The number of ether oxygens (including phenoxy) is 3. The van der Waals surface area contributed by atoms with Gasteiger partial charge in [-0.2, -0.15) is 0 Å². The van der Waals surface area contributed by atoms with Gasteiger partial charge in [-0.1, -0.05) is 6.92 Å². The minimum absolute atomic E-state index is 0.121. The van der Waals surface area contributed by atoms with Crippen molar-refractivity contribution in [2.75, 3.05) is 33.2 Å². The van der Waals surface area contributed by atoms with Crippen molar-refractivity contribution in [2.24, 2.45) is 0 Å². The number of hydrogen-bond acceptors (Lipinski definition) is 5. The van der Waals surface area contributed by atoms with Crippen molar-refractivity contribution >= 4 is 11.6 Å². The van der Waals surface area contributed by atoms with Crippen molar-refractivity contribution in [1.82, 2.24) is 5.32 Å². The molecule has 1 atom stereocenters. The average Bonchev–Trinajstić information content (AvgIpc) is 2.51. The standard InChI is InChI=1S/C15H24N2O4/c1-6-10(2)16-9-14(18)17-11-7-12(19-3)15(21-5)13(8-11)20-4/h7-8,10,16H,6,9H2,1-5H3,(H,17,18). The molecule has 0 saturated carbocycles. The summed E-state index contributed by atoms with van der Waals surface area (Å²) in [5.74, 6) is 1.38. The van der Waals surface area contributed by atoms with Gasteiger partial charge in [-0.3, -0.25) is 4.79 Å². The van der Waals surface area contributed by atoms with E-state index in [0.29, 0.717) is 29.0 Å². The van der Waals surface area contributed by atoms with E-state index in [4.69, 9.17) is 14.2 Å². The number of nitrogens with one attached hydrogen (secondary N) is 2. The number of hydrogen-bond donors (Lipinski definition) is 2. The van der Waals surface area contributed by atoms with Crippen molar-refractivity contribution < 1.29 is 19.0 Å². The highest BCUT2D eigenvalue weighted by Gasteiger charge is 2.14. The molecule has 0 aliphatic rings. The van der Waals surface area contributed by atoms with Gasteiger partial charge in [-0.25, -0.2) is 0 Å². The maximum Gasteiger partial charge on any atom is 0.238 e. The van der Waals surface area contributed by atoms with Crippen LogP contribution in [0.25, 0.3) is 0 Å². The van der Waals surface area contributed by atoms with Gasteiger partial charge >= 0.3 is 0 Å². The molecule has 0 aromatic heterocycles. The zero-order valence-corrected chi connectivity index (χ0v) is 13.3. The van der Waals surface area contributed by atoms with Crippen LogP contribution in [-0.2, 0) is 4.79 Å². The molecule has 21 heavy (non-hydrogen) atoms. The Bertz CT molecular complexity index is 452. The zero-order chi connectivity index (χ0) is 15.8. The number of methoxy groups -OCH3 is 3. The van der Waals surface area contributed by atoms with Gasteiger partial charge < -0.3 is 24.8 Å². The van der Waals surface area contributed by atoms with Crippen LogP contribution in [0.3, 0.4) is 0 Å². The molecule has 1 aromatic carbocycles. The smallest absolute Gasteiger partial charge is 0.238 e. The summed E-state index contributed by atoms with van der Waals surface area (Å²) in [4.78, 5) is 11.9. The van der Waals surface area contributed by atoms with Gasteiger partial charge in [0.2, 0.25) is 11.7 Å². The Morgan fingerprint density at radius 3 is 2.14 bits per heavy atom. The van der Waals surface area contributed by atoms with Crippen LogP contribution in [0.15, 0.2) is 12.1 Å². The molecule has 1 aromatic rings. The van der Waals surface area contributed by atoms with E-state index in [9.17, 15) is 4.79 Å². The zero-order valence-electron chi connectivity index (χ0n) is 13.3. The Morgan fingerprint density at radius 1 is 1.14 bits per heavy atom. The number of amides is 1. The number of rotatable bonds is 8. The van der Waals surface area contributed by atoms with E-state index in [1.54, 1.807) is 12.1 Å². The lowest BCUT2D eigenvalue weighted by molar-refractivity contribution is -0.115. The van der Waals surface area contributed by atoms with E-state index < -0.39 is 0 Å². The van der Waals surface area contributed by atoms with Gasteiger partial charge in [-0.05, 0) is 13.3 Å². The highest BCUT2D eigenvalue weighted by molar-refractivity contribution is 5.93. The second kappa shape index (κ2) is 8.36. The SMILES string of the molecule is CCC(C)NCC(=O)Nc1cc(OC)c(OC)c(OC)c1. The number of carbonyl (C=O) groups is 1. The Kier molecular flexibility index (Phi) is 6.81. The summed E-state index contributed by atoms with van der Waals surface area (Å²) in [6.45, 7) is 4.35. The average molecular weight is 296 g/mol. The third-order valence-corrected chi connectivity index (χ3v) is 3.17. The second-order valence-corrected chi connectivity index (χ2v) is 4.65. The van der Waals surface area contributed by atoms with Crippen LogP contribution in [0.5, 0.6) is 17.2 Å². The van der Waals surface area contributed by atoms with Gasteiger partial charge in [0.05, 0.1) is 27.9 Å². The molecule has 0 aliphatic carbocycles. The van der Waals surface area contributed by atoms with Crippen LogP contribution in [-0.4, -0.2) is 39.8 Å². The molecule has 0 saturated heterocycles. The van der Waals surface area contributed by atoms with Crippen molar-refractivity contribution in [1.29, 1.82) is 0 Å². The number of anilines is 1. The Balaban J connectivity index is 2.81. The van der Waals surface area contributed by atoms with Gasteiger partial charge in [0, 0.05) is 23.9 Å². The Morgan fingerprint density at radius 2 is 1.71 bits per heavy atom. The summed E-state index contributed by atoms with van der Waals surface area (Å²) in [6.07, 6.45) is 0.970. The van der Waals surface area contributed by atoms with Crippen molar-refractivity contribution in [3.8, 4) is 17.2 Å². The molecule has 0 spiro atoms. The van der Waals surface area contributed by atoms with Crippen molar-refractivity contribution in [3.05, 3.63) is 12.1 Å². The van der Waals surface area contributed by atoms with Crippen LogP contribution < -0.4 is 24.8 Å². The second-order valence-electron chi connectivity index (χ2n) is 4.65. The molecule has 1 amide bonds. The predicted molar refractivity (Wildman–Crippen MR) is 82.5 cm³/mol. The normalized spacial score (nSPS) is 11.7. The molecule has 1 unspecified atom stereocenters. The number of carbonyl (C=O) groups excluding carboxylic acids is 1. The fraction of sp³-hybridized carbons (Fsp3) is 0.533. The lowest BCUT2D eigenvalue weighted by atomic mass is 10.2. The van der Waals surface area contributed by atoms with E-state index in [1.165, 1.54) is 21.3 Å². The van der Waals surface area contributed by atoms with Gasteiger partial charge in [0.15, 0.2) is 11.5 Å². The highest BCUT2D eigenvalue weighted by Crippen LogP contribution is 2.39. The molecule has 0 aliphatic heterocycles. The third-order valence-electron chi connectivity index (χ3n) is 3.17. The third kappa shape index (κ3) is 4.82. The van der Waals surface area contributed by atoms with E-state index >= 15 is 0 Å². The van der Waals surface area contributed by atoms with E-state index in [2.05, 4.69) is 17.6 Å². The van der Waals surface area contributed by atoms with Crippen LogP contribution in [0, 0.1) is 0 Å². The van der Waals surface area contributed by atoms with E-state index in [-0.39, 0.29) is 12.5 Å². The lowest BCUT2D eigenvalue weighted by Crippen LogP contribution is -2.33. The maximum atomic E-state index is 11.9. The molecule has 0 fully saturated rings. The fourth-order valence-corrected chi connectivity index (χ4v) is 1.77. The molecule has 6 heteroatoms. The van der Waals surface area contributed by atoms with Crippen LogP contribution in [0.1, 0.15) is 20.3 Å². The molecule has 6 nitrogen and oxygen atoms in total. The molecule has 0 radical (unpaired) electrons.